The van der Waals surface area contributed by atoms with Crippen molar-refractivity contribution in [2.24, 2.45) is 11.3 Å². The number of aliphatic hydroxyl groups is 1. The number of rotatable bonds is 5. The van der Waals surface area contributed by atoms with Gasteiger partial charge in [0.25, 0.3) is 5.91 Å². The fourth-order valence-corrected chi connectivity index (χ4v) is 4.21. The van der Waals surface area contributed by atoms with Crippen molar-refractivity contribution < 1.29 is 19.1 Å². The van der Waals surface area contributed by atoms with E-state index in [1.165, 1.54) is 6.26 Å². The van der Waals surface area contributed by atoms with E-state index < -0.39 is 5.54 Å². The highest BCUT2D eigenvalue weighted by atomic mass is 16.3. The minimum absolute atomic E-state index is 0.0603. The minimum atomic E-state index is -0.617. The van der Waals surface area contributed by atoms with Crippen LogP contribution in [-0.2, 0) is 4.79 Å². The standard InChI is InChI=1S/C18H28N2O4/c1-12-7-17(3,4)10-18(8-12,11-21)20-15(22)9-19-16(23)14-5-6-24-13(14)2/h5-6,12,21H,7-11H2,1-4H3,(H,19,23)(H,20,22)/t12-,18+/m1/s1. The Morgan fingerprint density at radius 1 is 1.38 bits per heavy atom. The van der Waals surface area contributed by atoms with Crippen molar-refractivity contribution in [1.82, 2.24) is 10.6 Å². The van der Waals surface area contributed by atoms with Crippen LogP contribution < -0.4 is 10.6 Å². The van der Waals surface area contributed by atoms with Gasteiger partial charge < -0.3 is 20.2 Å². The molecule has 1 aromatic rings. The molecule has 1 saturated carbocycles. The van der Waals surface area contributed by atoms with Gasteiger partial charge in [-0.05, 0) is 43.6 Å². The average Bonchev–Trinajstić information content (AvgIpc) is 2.88. The highest BCUT2D eigenvalue weighted by Gasteiger charge is 2.43. The van der Waals surface area contributed by atoms with Gasteiger partial charge in [-0.15, -0.1) is 0 Å². The van der Waals surface area contributed by atoms with Crippen molar-refractivity contribution in [2.45, 2.75) is 52.5 Å². The summed E-state index contributed by atoms with van der Waals surface area (Å²) in [7, 11) is 0. The molecule has 0 unspecified atom stereocenters. The van der Waals surface area contributed by atoms with Crippen LogP contribution in [-0.4, -0.2) is 35.6 Å². The summed E-state index contributed by atoms with van der Waals surface area (Å²) in [5.74, 6) is 0.308. The highest BCUT2D eigenvalue weighted by Crippen LogP contribution is 2.43. The van der Waals surface area contributed by atoms with Crippen LogP contribution in [0.1, 0.15) is 56.2 Å². The van der Waals surface area contributed by atoms with E-state index in [4.69, 9.17) is 4.42 Å². The number of nitrogens with one attached hydrogen (secondary N) is 2. The number of carbonyl (C=O) groups excluding carboxylic acids is 2. The van der Waals surface area contributed by atoms with E-state index in [2.05, 4.69) is 31.4 Å². The van der Waals surface area contributed by atoms with Crippen LogP contribution in [0.15, 0.2) is 16.7 Å². The number of hydrogen-bond donors (Lipinski definition) is 3. The van der Waals surface area contributed by atoms with Crippen molar-refractivity contribution >= 4 is 11.8 Å². The second kappa shape index (κ2) is 6.97. The first-order valence-corrected chi connectivity index (χ1v) is 8.41. The molecule has 2 rings (SSSR count). The summed E-state index contributed by atoms with van der Waals surface area (Å²) in [6.07, 6.45) is 3.98. The molecule has 24 heavy (non-hydrogen) atoms. The quantitative estimate of drug-likeness (QED) is 0.767. The van der Waals surface area contributed by atoms with Crippen molar-refractivity contribution in [3.05, 3.63) is 23.7 Å². The Labute approximate surface area is 143 Å². The Balaban J connectivity index is 1.95. The van der Waals surface area contributed by atoms with E-state index in [-0.39, 0.29) is 30.4 Å². The fraction of sp³-hybridized carbons (Fsp3) is 0.667. The van der Waals surface area contributed by atoms with Gasteiger partial charge in [0.15, 0.2) is 0 Å². The van der Waals surface area contributed by atoms with E-state index in [9.17, 15) is 14.7 Å². The van der Waals surface area contributed by atoms with Gasteiger partial charge in [-0.3, -0.25) is 9.59 Å². The molecule has 0 spiro atoms. The molecule has 0 aliphatic heterocycles. The summed E-state index contributed by atoms with van der Waals surface area (Å²) in [4.78, 5) is 24.3. The van der Waals surface area contributed by atoms with Gasteiger partial charge in [0.1, 0.15) is 5.76 Å². The summed E-state index contributed by atoms with van der Waals surface area (Å²) >= 11 is 0. The zero-order valence-corrected chi connectivity index (χ0v) is 14.9. The molecule has 3 N–H and O–H groups in total. The van der Waals surface area contributed by atoms with Crippen molar-refractivity contribution in [2.75, 3.05) is 13.2 Å². The maximum absolute atomic E-state index is 12.3. The van der Waals surface area contributed by atoms with Gasteiger partial charge in [0.05, 0.1) is 30.5 Å². The predicted molar refractivity (Wildman–Crippen MR) is 90.5 cm³/mol. The molecule has 1 aliphatic rings. The number of amides is 2. The summed E-state index contributed by atoms with van der Waals surface area (Å²) < 4.78 is 5.09. The third-order valence-electron chi connectivity index (χ3n) is 4.68. The Hall–Kier alpha value is -1.82. The van der Waals surface area contributed by atoms with Crippen molar-refractivity contribution in [1.29, 1.82) is 0 Å². The van der Waals surface area contributed by atoms with Crippen molar-refractivity contribution in [3.63, 3.8) is 0 Å². The van der Waals surface area contributed by atoms with E-state index >= 15 is 0 Å². The molecule has 0 radical (unpaired) electrons. The molecule has 0 aromatic carbocycles. The molecule has 134 valence electrons. The molecule has 2 amide bonds. The van der Waals surface area contributed by atoms with E-state index in [1.54, 1.807) is 13.0 Å². The Bertz CT molecular complexity index is 608. The van der Waals surface area contributed by atoms with Crippen LogP contribution in [0, 0.1) is 18.3 Å². The van der Waals surface area contributed by atoms with Gasteiger partial charge >= 0.3 is 0 Å². The maximum Gasteiger partial charge on any atom is 0.255 e. The molecule has 0 bridgehead atoms. The molecule has 0 saturated heterocycles. The Morgan fingerprint density at radius 3 is 2.62 bits per heavy atom. The largest absolute Gasteiger partial charge is 0.469 e. The lowest BCUT2D eigenvalue weighted by molar-refractivity contribution is -0.124. The normalized spacial score (nSPS) is 26.0. The lowest BCUT2D eigenvalue weighted by Crippen LogP contribution is -2.58. The van der Waals surface area contributed by atoms with E-state index in [0.717, 1.165) is 19.3 Å². The van der Waals surface area contributed by atoms with Crippen LogP contribution in [0.4, 0.5) is 0 Å². The first kappa shape index (κ1) is 18.5. The molecular formula is C18H28N2O4. The number of carbonyl (C=O) groups is 2. The van der Waals surface area contributed by atoms with E-state index in [1.807, 2.05) is 0 Å². The monoisotopic (exact) mass is 336 g/mol. The molecular weight excluding hydrogens is 308 g/mol. The Morgan fingerprint density at radius 2 is 2.08 bits per heavy atom. The lowest BCUT2D eigenvalue weighted by atomic mass is 9.64. The summed E-state index contributed by atoms with van der Waals surface area (Å²) in [5, 5.41) is 15.4. The molecule has 1 aromatic heterocycles. The highest BCUT2D eigenvalue weighted by molar-refractivity contribution is 5.97. The SMILES string of the molecule is Cc1occc1C(=O)NCC(=O)N[C@@]1(CO)C[C@H](C)CC(C)(C)C1. The summed E-state index contributed by atoms with van der Waals surface area (Å²) in [6, 6.07) is 1.57. The van der Waals surface area contributed by atoms with Gasteiger partial charge in [0.2, 0.25) is 5.91 Å². The second-order valence-corrected chi connectivity index (χ2v) is 7.91. The summed E-state index contributed by atoms with van der Waals surface area (Å²) in [6.45, 7) is 7.93. The van der Waals surface area contributed by atoms with Crippen LogP contribution in [0.5, 0.6) is 0 Å². The predicted octanol–water partition coefficient (Wildman–Crippen LogP) is 2.01. The first-order chi connectivity index (χ1) is 11.2. The van der Waals surface area contributed by atoms with Crippen molar-refractivity contribution in [3.8, 4) is 0 Å². The zero-order valence-electron chi connectivity index (χ0n) is 14.9. The number of furan rings is 1. The molecule has 1 aliphatic carbocycles. The van der Waals surface area contributed by atoms with Crippen LogP contribution in [0.3, 0.4) is 0 Å². The van der Waals surface area contributed by atoms with Gasteiger partial charge in [0, 0.05) is 0 Å². The minimum Gasteiger partial charge on any atom is -0.469 e. The Kier molecular flexibility index (Phi) is 5.38. The lowest BCUT2D eigenvalue weighted by Gasteiger charge is -2.47. The smallest absolute Gasteiger partial charge is 0.255 e. The number of aryl methyl sites for hydroxylation is 1. The molecule has 6 heteroatoms. The topological polar surface area (TPSA) is 91.6 Å². The first-order valence-electron chi connectivity index (χ1n) is 8.41. The van der Waals surface area contributed by atoms with Gasteiger partial charge in [-0.2, -0.15) is 0 Å². The van der Waals surface area contributed by atoms with Crippen LogP contribution >= 0.6 is 0 Å². The van der Waals surface area contributed by atoms with Gasteiger partial charge in [-0.1, -0.05) is 20.8 Å². The number of hydrogen-bond acceptors (Lipinski definition) is 4. The zero-order chi connectivity index (χ0) is 18.0. The molecule has 1 heterocycles. The fourth-order valence-electron chi connectivity index (χ4n) is 4.21. The number of aliphatic hydroxyl groups excluding tert-OH is 1. The van der Waals surface area contributed by atoms with Gasteiger partial charge in [-0.25, -0.2) is 0 Å². The molecule has 6 nitrogen and oxygen atoms in total. The van der Waals surface area contributed by atoms with Crippen LogP contribution in [0.25, 0.3) is 0 Å². The maximum atomic E-state index is 12.3. The van der Waals surface area contributed by atoms with E-state index in [0.29, 0.717) is 17.2 Å². The van der Waals surface area contributed by atoms with Crippen LogP contribution in [0.2, 0.25) is 0 Å². The second-order valence-electron chi connectivity index (χ2n) is 7.91. The third kappa shape index (κ3) is 4.38. The average molecular weight is 336 g/mol. The third-order valence-corrected chi connectivity index (χ3v) is 4.68. The summed E-state index contributed by atoms with van der Waals surface area (Å²) in [5.41, 5.74) is -0.133. The molecule has 2 atom stereocenters. The molecule has 1 fully saturated rings.